The summed E-state index contributed by atoms with van der Waals surface area (Å²) < 4.78 is 0. The number of hydrogen-bond donors (Lipinski definition) is 2. The van der Waals surface area contributed by atoms with Gasteiger partial charge in [-0.25, -0.2) is 0 Å². The van der Waals surface area contributed by atoms with Crippen LogP contribution in [0.4, 0.5) is 0 Å². The molecule has 2 N–H and O–H groups in total. The second-order valence-electron chi connectivity index (χ2n) is 5.34. The molecule has 3 nitrogen and oxygen atoms in total. The quantitative estimate of drug-likeness (QED) is 0.827. The van der Waals surface area contributed by atoms with Crippen molar-refractivity contribution in [1.29, 1.82) is 0 Å². The van der Waals surface area contributed by atoms with Crippen molar-refractivity contribution >= 4 is 17.5 Å². The zero-order valence-electron chi connectivity index (χ0n) is 12.1. The standard InChI is InChI=1S/C18H16O3S/c1-11-9-12(5-6-15(11)20)16-7-8-17(22-16)18(21)13-3-2-4-14(19)10-13/h2-6,8-10,16,19-20H,7H2,1H3. The van der Waals surface area contributed by atoms with Crippen LogP contribution in [0.1, 0.15) is 33.2 Å². The van der Waals surface area contributed by atoms with Gasteiger partial charge in [0.1, 0.15) is 11.5 Å². The summed E-state index contributed by atoms with van der Waals surface area (Å²) in [6, 6.07) is 12.0. The highest BCUT2D eigenvalue weighted by Gasteiger charge is 2.25. The van der Waals surface area contributed by atoms with E-state index in [9.17, 15) is 15.0 Å². The largest absolute Gasteiger partial charge is 0.508 e. The Morgan fingerprint density at radius 1 is 1.18 bits per heavy atom. The predicted molar refractivity (Wildman–Crippen MR) is 88.3 cm³/mol. The first kappa shape index (κ1) is 14.7. The molecule has 22 heavy (non-hydrogen) atoms. The van der Waals surface area contributed by atoms with Crippen molar-refractivity contribution in [2.24, 2.45) is 0 Å². The molecule has 3 rings (SSSR count). The Hall–Kier alpha value is -2.20. The highest BCUT2D eigenvalue weighted by molar-refractivity contribution is 8.04. The monoisotopic (exact) mass is 312 g/mol. The molecule has 0 aliphatic carbocycles. The summed E-state index contributed by atoms with van der Waals surface area (Å²) in [4.78, 5) is 13.2. The van der Waals surface area contributed by atoms with Crippen LogP contribution in [0.2, 0.25) is 0 Å². The molecule has 2 aromatic carbocycles. The Morgan fingerprint density at radius 3 is 2.73 bits per heavy atom. The van der Waals surface area contributed by atoms with E-state index in [1.54, 1.807) is 24.3 Å². The van der Waals surface area contributed by atoms with Crippen LogP contribution in [-0.4, -0.2) is 16.0 Å². The third-order valence-electron chi connectivity index (χ3n) is 3.71. The first-order valence-electron chi connectivity index (χ1n) is 7.04. The van der Waals surface area contributed by atoms with Gasteiger partial charge < -0.3 is 10.2 Å². The van der Waals surface area contributed by atoms with Gasteiger partial charge in [-0.05, 0) is 42.7 Å². The number of phenolic OH excluding ortho intramolecular Hbond substituents is 2. The van der Waals surface area contributed by atoms with Gasteiger partial charge >= 0.3 is 0 Å². The summed E-state index contributed by atoms with van der Waals surface area (Å²) in [6.07, 6.45) is 2.73. The molecular formula is C18H16O3S. The summed E-state index contributed by atoms with van der Waals surface area (Å²) in [7, 11) is 0. The molecule has 1 atom stereocenters. The maximum Gasteiger partial charge on any atom is 0.199 e. The van der Waals surface area contributed by atoms with Gasteiger partial charge in [-0.2, -0.15) is 0 Å². The van der Waals surface area contributed by atoms with E-state index in [1.807, 2.05) is 25.1 Å². The maximum atomic E-state index is 12.5. The molecule has 1 unspecified atom stereocenters. The number of carbonyl (C=O) groups is 1. The van der Waals surface area contributed by atoms with Crippen LogP contribution in [0.3, 0.4) is 0 Å². The molecule has 2 aromatic rings. The Morgan fingerprint density at radius 2 is 2.00 bits per heavy atom. The second kappa shape index (κ2) is 5.89. The van der Waals surface area contributed by atoms with Gasteiger partial charge in [0.25, 0.3) is 0 Å². The van der Waals surface area contributed by atoms with Crippen LogP contribution in [-0.2, 0) is 0 Å². The normalized spacial score (nSPS) is 17.3. The predicted octanol–water partition coefficient (Wildman–Crippen LogP) is 4.35. The molecule has 1 heterocycles. The highest BCUT2D eigenvalue weighted by Crippen LogP contribution is 2.45. The number of aromatic hydroxyl groups is 2. The van der Waals surface area contributed by atoms with Crippen LogP contribution in [0.5, 0.6) is 11.5 Å². The van der Waals surface area contributed by atoms with Gasteiger partial charge in [-0.1, -0.05) is 30.3 Å². The van der Waals surface area contributed by atoms with Gasteiger partial charge in [0.15, 0.2) is 5.78 Å². The van der Waals surface area contributed by atoms with E-state index in [0.717, 1.165) is 17.5 Å². The minimum Gasteiger partial charge on any atom is -0.508 e. The number of carbonyl (C=O) groups excluding carboxylic acids is 1. The highest BCUT2D eigenvalue weighted by atomic mass is 32.2. The lowest BCUT2D eigenvalue weighted by Gasteiger charge is -2.12. The van der Waals surface area contributed by atoms with Crippen molar-refractivity contribution in [3.63, 3.8) is 0 Å². The minimum absolute atomic E-state index is 0.0566. The van der Waals surface area contributed by atoms with E-state index in [-0.39, 0.29) is 22.5 Å². The number of benzene rings is 2. The molecular weight excluding hydrogens is 296 g/mol. The number of hydrogen-bond acceptors (Lipinski definition) is 4. The fraction of sp³-hybridized carbons (Fsp3) is 0.167. The zero-order valence-corrected chi connectivity index (χ0v) is 12.9. The first-order chi connectivity index (χ1) is 10.5. The third kappa shape index (κ3) is 2.88. The average Bonchev–Trinajstić information content (AvgIpc) is 2.99. The lowest BCUT2D eigenvalue weighted by molar-refractivity contribution is 0.104. The van der Waals surface area contributed by atoms with Gasteiger partial charge in [0, 0.05) is 10.8 Å². The number of ketones is 1. The molecule has 1 aliphatic rings. The molecule has 4 heteroatoms. The Kier molecular flexibility index (Phi) is 3.94. The number of aryl methyl sites for hydroxylation is 1. The average molecular weight is 312 g/mol. The molecule has 0 amide bonds. The van der Waals surface area contributed by atoms with Crippen molar-refractivity contribution in [3.05, 3.63) is 70.1 Å². The number of thioether (sulfide) groups is 1. The molecule has 0 fully saturated rings. The van der Waals surface area contributed by atoms with Crippen molar-refractivity contribution in [2.45, 2.75) is 18.6 Å². The van der Waals surface area contributed by atoms with Gasteiger partial charge in [-0.3, -0.25) is 4.79 Å². The van der Waals surface area contributed by atoms with E-state index in [2.05, 4.69) is 0 Å². The lowest BCUT2D eigenvalue weighted by Crippen LogP contribution is -1.99. The zero-order chi connectivity index (χ0) is 15.7. The molecule has 0 saturated heterocycles. The van der Waals surface area contributed by atoms with Gasteiger partial charge in [0.2, 0.25) is 0 Å². The molecule has 0 aromatic heterocycles. The van der Waals surface area contributed by atoms with E-state index >= 15 is 0 Å². The lowest BCUT2D eigenvalue weighted by atomic mass is 10.1. The minimum atomic E-state index is -0.0566. The Bertz CT molecular complexity index is 765. The molecule has 1 aliphatic heterocycles. The van der Waals surface area contributed by atoms with E-state index in [4.69, 9.17) is 0 Å². The van der Waals surface area contributed by atoms with E-state index < -0.39 is 0 Å². The molecule has 0 radical (unpaired) electrons. The fourth-order valence-electron chi connectivity index (χ4n) is 2.48. The molecule has 0 spiro atoms. The topological polar surface area (TPSA) is 57.5 Å². The second-order valence-corrected chi connectivity index (χ2v) is 6.58. The van der Waals surface area contributed by atoms with Crippen LogP contribution < -0.4 is 0 Å². The molecule has 112 valence electrons. The number of allylic oxidation sites excluding steroid dienone is 2. The van der Waals surface area contributed by atoms with Crippen molar-refractivity contribution < 1.29 is 15.0 Å². The first-order valence-corrected chi connectivity index (χ1v) is 7.92. The number of phenols is 2. The van der Waals surface area contributed by atoms with Crippen molar-refractivity contribution in [2.75, 3.05) is 0 Å². The van der Waals surface area contributed by atoms with Crippen molar-refractivity contribution in [1.82, 2.24) is 0 Å². The van der Waals surface area contributed by atoms with E-state index in [0.29, 0.717) is 10.5 Å². The summed E-state index contributed by atoms with van der Waals surface area (Å²) in [5, 5.41) is 19.3. The summed E-state index contributed by atoms with van der Waals surface area (Å²) in [5.74, 6) is 0.329. The summed E-state index contributed by atoms with van der Waals surface area (Å²) in [6.45, 7) is 1.87. The molecule has 0 bridgehead atoms. The Labute approximate surface area is 133 Å². The fourth-order valence-corrected chi connectivity index (χ4v) is 3.68. The van der Waals surface area contributed by atoms with Crippen LogP contribution in [0.15, 0.2) is 53.4 Å². The number of rotatable bonds is 3. The smallest absolute Gasteiger partial charge is 0.199 e. The van der Waals surface area contributed by atoms with E-state index in [1.165, 1.54) is 17.8 Å². The Balaban J connectivity index is 1.76. The van der Waals surface area contributed by atoms with Crippen LogP contribution in [0, 0.1) is 6.92 Å². The van der Waals surface area contributed by atoms with Gasteiger partial charge in [0.05, 0.1) is 4.91 Å². The van der Waals surface area contributed by atoms with Gasteiger partial charge in [-0.15, -0.1) is 11.8 Å². The third-order valence-corrected chi connectivity index (χ3v) is 5.07. The van der Waals surface area contributed by atoms with Crippen LogP contribution >= 0.6 is 11.8 Å². The van der Waals surface area contributed by atoms with Crippen LogP contribution in [0.25, 0.3) is 0 Å². The number of Topliss-reactive ketones (excluding diaryl/α,β-unsaturated/α-hetero) is 1. The molecule has 0 saturated carbocycles. The summed E-state index contributed by atoms with van der Waals surface area (Å²) >= 11 is 1.54. The summed E-state index contributed by atoms with van der Waals surface area (Å²) in [5.41, 5.74) is 2.45. The maximum absolute atomic E-state index is 12.5. The SMILES string of the molecule is Cc1cc(C2CC=C(C(=O)c3cccc(O)c3)S2)ccc1O. The van der Waals surface area contributed by atoms with Crippen molar-refractivity contribution in [3.8, 4) is 11.5 Å².